The maximum atomic E-state index is 13.9. The molecule has 1 spiro atoms. The van der Waals surface area contributed by atoms with Crippen molar-refractivity contribution in [1.29, 1.82) is 0 Å². The van der Waals surface area contributed by atoms with Gasteiger partial charge in [0, 0.05) is 25.5 Å². The number of allylic oxidation sites excluding steroid dienone is 3. The van der Waals surface area contributed by atoms with Crippen LogP contribution in [0, 0.1) is 5.92 Å². The van der Waals surface area contributed by atoms with Crippen LogP contribution in [0.5, 0.6) is 0 Å². The first-order valence-corrected chi connectivity index (χ1v) is 11.0. The van der Waals surface area contributed by atoms with Crippen molar-refractivity contribution in [3.05, 3.63) is 69.4 Å². The third kappa shape index (κ3) is 4.58. The van der Waals surface area contributed by atoms with E-state index in [-0.39, 0.29) is 53.3 Å². The summed E-state index contributed by atoms with van der Waals surface area (Å²) in [7, 11) is 2.97. The number of aliphatic hydroxyl groups excluding tert-OH is 1. The molecule has 1 aromatic carbocycles. The normalized spacial score (nSPS) is 26.6. The highest BCUT2D eigenvalue weighted by Crippen LogP contribution is 2.50. The molecule has 1 N–H and O–H groups in total. The van der Waals surface area contributed by atoms with Gasteiger partial charge in [-0.2, -0.15) is 0 Å². The second-order valence-electron chi connectivity index (χ2n) is 8.20. The summed E-state index contributed by atoms with van der Waals surface area (Å²) in [5.74, 6) is -0.394. The van der Waals surface area contributed by atoms with Crippen molar-refractivity contribution < 1.29 is 33.6 Å². The van der Waals surface area contributed by atoms with Gasteiger partial charge in [0.2, 0.25) is 11.4 Å². The number of carbonyl (C=O) groups excluding carboxylic acids is 2. The topological polar surface area (TPSA) is 91.3 Å². The molecule has 0 radical (unpaired) electrons. The van der Waals surface area contributed by atoms with Gasteiger partial charge >= 0.3 is 0 Å². The van der Waals surface area contributed by atoms with Crippen molar-refractivity contribution in [3.8, 4) is 0 Å². The minimum absolute atomic E-state index is 0.0620. The average Bonchev–Trinajstić information content (AvgIpc) is 3.13. The zero-order valence-electron chi connectivity index (χ0n) is 19.4. The predicted molar refractivity (Wildman–Crippen MR) is 122 cm³/mol. The Kier molecular flexibility index (Phi) is 7.67. The highest BCUT2D eigenvalue weighted by molar-refractivity contribution is 6.31. The van der Waals surface area contributed by atoms with Gasteiger partial charge in [-0.15, -0.1) is 0 Å². The van der Waals surface area contributed by atoms with Gasteiger partial charge in [-0.3, -0.25) is 9.59 Å². The standard InChI is InChI=1S/C25H29ClO7/c1-14-10-19(28)11-20(32-13-18-8-6-17(12-27)7-9-18)25(14)24(29)21(15(2)30-4)23(33-25)22(26)16(3)31-5/h6-9,11,14,16,27H,10,12-13H2,1-5H3. The molecule has 2 aliphatic rings. The number of ketones is 2. The summed E-state index contributed by atoms with van der Waals surface area (Å²) in [5.41, 5.74) is 0.239. The average molecular weight is 477 g/mol. The lowest BCUT2D eigenvalue weighted by atomic mass is 9.75. The second kappa shape index (κ2) is 10.1. The molecular weight excluding hydrogens is 448 g/mol. The molecule has 33 heavy (non-hydrogen) atoms. The Bertz CT molecular complexity index is 1020. The first kappa shape index (κ1) is 25.0. The molecule has 0 amide bonds. The highest BCUT2D eigenvalue weighted by Gasteiger charge is 2.61. The number of halogens is 1. The summed E-state index contributed by atoms with van der Waals surface area (Å²) in [5, 5.41) is 9.45. The zero-order valence-corrected chi connectivity index (χ0v) is 20.2. The lowest BCUT2D eigenvalue weighted by molar-refractivity contribution is -0.138. The molecule has 178 valence electrons. The maximum absolute atomic E-state index is 13.9. The third-order valence-electron chi connectivity index (χ3n) is 6.10. The fourth-order valence-electron chi connectivity index (χ4n) is 3.96. The van der Waals surface area contributed by atoms with Gasteiger partial charge in [-0.1, -0.05) is 42.8 Å². The molecule has 1 saturated heterocycles. The van der Waals surface area contributed by atoms with E-state index in [4.69, 9.17) is 30.5 Å². The van der Waals surface area contributed by atoms with Crippen LogP contribution in [0.2, 0.25) is 0 Å². The third-order valence-corrected chi connectivity index (χ3v) is 6.58. The van der Waals surface area contributed by atoms with Crippen LogP contribution in [0.25, 0.3) is 0 Å². The first-order valence-electron chi connectivity index (χ1n) is 10.7. The van der Waals surface area contributed by atoms with Gasteiger partial charge in [-0.05, 0) is 25.0 Å². The molecule has 1 heterocycles. The molecule has 7 nitrogen and oxygen atoms in total. The SMILES string of the molecule is COC(C)=C1C(=O)C2(OC1=C(Cl)C(C)OC)C(OCc1ccc(CO)cc1)=CC(=O)CC2C. The van der Waals surface area contributed by atoms with Crippen LogP contribution in [-0.2, 0) is 41.8 Å². The van der Waals surface area contributed by atoms with Gasteiger partial charge in [0.25, 0.3) is 0 Å². The van der Waals surface area contributed by atoms with Gasteiger partial charge in [-0.25, -0.2) is 0 Å². The summed E-state index contributed by atoms with van der Waals surface area (Å²) >= 11 is 6.57. The number of hydrogen-bond donors (Lipinski definition) is 1. The zero-order chi connectivity index (χ0) is 24.3. The Balaban J connectivity index is 2.07. The molecule has 1 aliphatic heterocycles. The number of aliphatic hydroxyl groups is 1. The molecule has 0 saturated carbocycles. The summed E-state index contributed by atoms with van der Waals surface area (Å²) in [4.78, 5) is 26.3. The van der Waals surface area contributed by atoms with Crippen LogP contribution in [0.15, 0.2) is 58.2 Å². The molecule has 3 unspecified atom stereocenters. The smallest absolute Gasteiger partial charge is 0.231 e. The summed E-state index contributed by atoms with van der Waals surface area (Å²) in [6, 6.07) is 7.19. The number of methoxy groups -OCH3 is 2. The van der Waals surface area contributed by atoms with Crippen molar-refractivity contribution in [2.75, 3.05) is 14.2 Å². The summed E-state index contributed by atoms with van der Waals surface area (Å²) in [6.07, 6.45) is 0.924. The molecule has 1 aromatic rings. The molecule has 8 heteroatoms. The van der Waals surface area contributed by atoms with Crippen molar-refractivity contribution >= 4 is 23.2 Å². The monoisotopic (exact) mass is 476 g/mol. The second-order valence-corrected chi connectivity index (χ2v) is 8.61. The fourth-order valence-corrected chi connectivity index (χ4v) is 4.19. The Morgan fingerprint density at radius 3 is 2.45 bits per heavy atom. The first-order chi connectivity index (χ1) is 15.7. The van der Waals surface area contributed by atoms with Gasteiger partial charge in [0.15, 0.2) is 17.3 Å². The maximum Gasteiger partial charge on any atom is 0.231 e. The number of carbonyl (C=O) groups is 2. The van der Waals surface area contributed by atoms with E-state index in [0.717, 1.165) is 11.1 Å². The van der Waals surface area contributed by atoms with E-state index in [1.165, 1.54) is 20.3 Å². The van der Waals surface area contributed by atoms with Crippen molar-refractivity contribution in [3.63, 3.8) is 0 Å². The van der Waals surface area contributed by atoms with E-state index in [1.807, 2.05) is 12.1 Å². The van der Waals surface area contributed by atoms with E-state index >= 15 is 0 Å². The van der Waals surface area contributed by atoms with Gasteiger partial charge < -0.3 is 24.1 Å². The van der Waals surface area contributed by atoms with Crippen LogP contribution < -0.4 is 0 Å². The van der Waals surface area contributed by atoms with E-state index in [9.17, 15) is 14.7 Å². The van der Waals surface area contributed by atoms with Crippen LogP contribution >= 0.6 is 11.6 Å². The van der Waals surface area contributed by atoms with Crippen molar-refractivity contribution in [1.82, 2.24) is 0 Å². The largest absolute Gasteiger partial charge is 0.500 e. The Hall–Kier alpha value is -2.61. The number of hydrogen-bond acceptors (Lipinski definition) is 7. The van der Waals surface area contributed by atoms with E-state index in [2.05, 4.69) is 0 Å². The van der Waals surface area contributed by atoms with Crippen molar-refractivity contribution in [2.24, 2.45) is 5.92 Å². The molecule has 1 aliphatic carbocycles. The lowest BCUT2D eigenvalue weighted by Gasteiger charge is -2.36. The minimum atomic E-state index is -1.54. The van der Waals surface area contributed by atoms with E-state index in [1.54, 1.807) is 32.9 Å². The Labute approximate surface area is 198 Å². The summed E-state index contributed by atoms with van der Waals surface area (Å²) < 4.78 is 23.1. The Morgan fingerprint density at radius 1 is 1.24 bits per heavy atom. The number of benzene rings is 1. The molecule has 0 bridgehead atoms. The molecule has 0 aromatic heterocycles. The minimum Gasteiger partial charge on any atom is -0.500 e. The van der Waals surface area contributed by atoms with Crippen LogP contribution in [0.4, 0.5) is 0 Å². The van der Waals surface area contributed by atoms with E-state index in [0.29, 0.717) is 5.76 Å². The van der Waals surface area contributed by atoms with Crippen LogP contribution in [0.3, 0.4) is 0 Å². The van der Waals surface area contributed by atoms with E-state index < -0.39 is 17.6 Å². The molecule has 3 atom stereocenters. The lowest BCUT2D eigenvalue weighted by Crippen LogP contribution is -2.48. The number of Topliss-reactive ketones (excluding diaryl/α,β-unsaturated/α-hetero) is 1. The summed E-state index contributed by atoms with van der Waals surface area (Å²) in [6.45, 7) is 5.22. The number of rotatable bonds is 7. The van der Waals surface area contributed by atoms with Crippen molar-refractivity contribution in [2.45, 2.75) is 52.1 Å². The molecule has 1 fully saturated rings. The molecule has 3 rings (SSSR count). The quantitative estimate of drug-likeness (QED) is 0.471. The van der Waals surface area contributed by atoms with Crippen LogP contribution in [-0.4, -0.2) is 42.6 Å². The highest BCUT2D eigenvalue weighted by atomic mass is 35.5. The predicted octanol–water partition coefficient (Wildman–Crippen LogP) is 3.93. The van der Waals surface area contributed by atoms with Crippen LogP contribution in [0.1, 0.15) is 38.3 Å². The van der Waals surface area contributed by atoms with Gasteiger partial charge in [0.05, 0.1) is 24.9 Å². The molecular formula is C25H29ClO7. The van der Waals surface area contributed by atoms with Gasteiger partial charge in [0.1, 0.15) is 17.9 Å². The Morgan fingerprint density at radius 2 is 1.88 bits per heavy atom. The number of ether oxygens (including phenoxy) is 4. The fraction of sp³-hybridized carbons (Fsp3) is 0.440.